The molecule has 0 bridgehead atoms. The van der Waals surface area contributed by atoms with Crippen LogP contribution < -0.4 is 0 Å². The molecule has 1 nitrogen and oxygen atoms in total. The van der Waals surface area contributed by atoms with Gasteiger partial charge >= 0.3 is 0 Å². The van der Waals surface area contributed by atoms with Crippen LogP contribution >= 0.6 is 0 Å². The Bertz CT molecular complexity index is 173. The molecule has 2 heteroatoms. The predicted octanol–water partition coefficient (Wildman–Crippen LogP) is 4.18. The minimum atomic E-state index is -1.77. The third-order valence-corrected chi connectivity index (χ3v) is 10.7. The first-order valence-corrected chi connectivity index (χ1v) is 8.08. The summed E-state index contributed by atoms with van der Waals surface area (Å²) in [7, 11) is -1.77. The molecule has 0 aliphatic carbocycles. The molecular weight excluding hydrogens is 188 g/mol. The molecule has 0 aromatic heterocycles. The van der Waals surface area contributed by atoms with Gasteiger partial charge in [-0.2, -0.15) is 0 Å². The lowest BCUT2D eigenvalue weighted by Crippen LogP contribution is -2.52. The normalized spacial score (nSPS) is 13.0. The van der Waals surface area contributed by atoms with E-state index in [1.807, 2.05) is 6.92 Å². The lowest BCUT2D eigenvalue weighted by Gasteiger charge is -2.41. The number of hydrogen-bond donors (Lipinski definition) is 0. The van der Waals surface area contributed by atoms with Crippen LogP contribution in [0.25, 0.3) is 0 Å². The molecular formula is C12H26OSi. The minimum absolute atomic E-state index is 0.565. The standard InChI is InChI=1S/C12H26OSi/c1-8-12(13)14(9(2)3,10(4)5)11(6)7/h9-11H,8H2,1-7H3. The molecule has 14 heavy (non-hydrogen) atoms. The zero-order valence-corrected chi connectivity index (χ0v) is 11.8. The second-order valence-electron chi connectivity index (χ2n) is 5.17. The van der Waals surface area contributed by atoms with Crippen LogP contribution in [0.5, 0.6) is 0 Å². The number of hydrogen-bond acceptors (Lipinski definition) is 1. The molecule has 84 valence electrons. The summed E-state index contributed by atoms with van der Waals surface area (Å²) in [5, 5.41) is 0.567. The molecule has 0 saturated carbocycles. The molecule has 0 rings (SSSR count). The topological polar surface area (TPSA) is 17.1 Å². The Morgan fingerprint density at radius 3 is 1.29 bits per heavy atom. The Hall–Kier alpha value is -0.113. The van der Waals surface area contributed by atoms with Crippen LogP contribution in [-0.4, -0.2) is 13.5 Å². The monoisotopic (exact) mass is 214 g/mol. The molecule has 0 saturated heterocycles. The van der Waals surface area contributed by atoms with Crippen molar-refractivity contribution in [2.45, 2.75) is 71.5 Å². The van der Waals surface area contributed by atoms with E-state index in [0.717, 1.165) is 6.42 Å². The molecule has 0 amide bonds. The van der Waals surface area contributed by atoms with Gasteiger partial charge in [0.05, 0.1) is 0 Å². The van der Waals surface area contributed by atoms with E-state index in [0.29, 0.717) is 22.0 Å². The van der Waals surface area contributed by atoms with Gasteiger partial charge in [0.2, 0.25) is 0 Å². The van der Waals surface area contributed by atoms with Crippen LogP contribution in [0.3, 0.4) is 0 Å². The van der Waals surface area contributed by atoms with Crippen molar-refractivity contribution in [3.05, 3.63) is 0 Å². The van der Waals surface area contributed by atoms with Gasteiger partial charge in [0.15, 0.2) is 0 Å². The Balaban J connectivity index is 5.27. The summed E-state index contributed by atoms with van der Waals surface area (Å²) < 4.78 is 0. The van der Waals surface area contributed by atoms with Crippen LogP contribution in [0.4, 0.5) is 0 Å². The van der Waals surface area contributed by atoms with E-state index in [4.69, 9.17) is 0 Å². The van der Waals surface area contributed by atoms with Gasteiger partial charge in [-0.25, -0.2) is 0 Å². The third-order valence-electron chi connectivity index (χ3n) is 3.67. The maximum Gasteiger partial charge on any atom is 0.140 e. The summed E-state index contributed by atoms with van der Waals surface area (Å²) >= 11 is 0. The molecule has 0 aliphatic rings. The smallest absolute Gasteiger partial charge is 0.140 e. The highest BCUT2D eigenvalue weighted by atomic mass is 28.3. The highest BCUT2D eigenvalue weighted by molar-refractivity contribution is 7.08. The van der Waals surface area contributed by atoms with Crippen molar-refractivity contribution in [1.29, 1.82) is 0 Å². The predicted molar refractivity (Wildman–Crippen MR) is 66.3 cm³/mol. The summed E-state index contributed by atoms with van der Waals surface area (Å²) in [6.07, 6.45) is 0.723. The third kappa shape index (κ3) is 2.10. The van der Waals surface area contributed by atoms with E-state index >= 15 is 0 Å². The SMILES string of the molecule is CCC(=O)[Si](C(C)C)(C(C)C)C(C)C. The number of carbonyl (C=O) groups is 1. The first-order valence-electron chi connectivity index (χ1n) is 5.84. The Morgan fingerprint density at radius 1 is 0.929 bits per heavy atom. The van der Waals surface area contributed by atoms with Crippen LogP contribution in [0, 0.1) is 0 Å². The van der Waals surface area contributed by atoms with Crippen LogP contribution in [0.15, 0.2) is 0 Å². The van der Waals surface area contributed by atoms with E-state index in [2.05, 4.69) is 41.5 Å². The molecule has 0 aromatic rings. The van der Waals surface area contributed by atoms with E-state index < -0.39 is 8.07 Å². The maximum absolute atomic E-state index is 12.2. The summed E-state index contributed by atoms with van der Waals surface area (Å²) in [6.45, 7) is 15.4. The molecule has 0 heterocycles. The molecule has 0 aromatic carbocycles. The van der Waals surface area contributed by atoms with Crippen LogP contribution in [0.2, 0.25) is 16.6 Å². The average molecular weight is 214 g/mol. The summed E-state index contributed by atoms with van der Waals surface area (Å²) in [6, 6.07) is 0. The highest BCUT2D eigenvalue weighted by Crippen LogP contribution is 2.42. The number of carbonyl (C=O) groups excluding carboxylic acids is 1. The van der Waals surface area contributed by atoms with Gasteiger partial charge in [0.25, 0.3) is 0 Å². The number of rotatable bonds is 5. The zero-order chi connectivity index (χ0) is 11.5. The molecule has 0 N–H and O–H groups in total. The second-order valence-corrected chi connectivity index (χ2v) is 11.1. The van der Waals surface area contributed by atoms with Gasteiger partial charge < -0.3 is 4.79 Å². The fourth-order valence-corrected chi connectivity index (χ4v) is 9.82. The lowest BCUT2D eigenvalue weighted by molar-refractivity contribution is -0.112. The maximum atomic E-state index is 12.2. The first-order chi connectivity index (χ1) is 6.31. The highest BCUT2D eigenvalue weighted by Gasteiger charge is 2.48. The fourth-order valence-electron chi connectivity index (χ4n) is 3.27. The van der Waals surface area contributed by atoms with E-state index in [-0.39, 0.29) is 0 Å². The van der Waals surface area contributed by atoms with Crippen molar-refractivity contribution in [2.24, 2.45) is 0 Å². The summed E-state index contributed by atoms with van der Waals surface area (Å²) in [5.74, 6) is 0. The van der Waals surface area contributed by atoms with Crippen molar-refractivity contribution in [1.82, 2.24) is 0 Å². The average Bonchev–Trinajstić information content (AvgIpc) is 2.02. The van der Waals surface area contributed by atoms with E-state index in [1.54, 1.807) is 0 Å². The Labute approximate surface area is 90.3 Å². The Kier molecular flexibility index (Phi) is 5.06. The van der Waals surface area contributed by atoms with E-state index in [9.17, 15) is 4.79 Å². The summed E-state index contributed by atoms with van der Waals surface area (Å²) in [4.78, 5) is 12.2. The summed E-state index contributed by atoms with van der Waals surface area (Å²) in [5.41, 5.74) is 1.69. The quantitative estimate of drug-likeness (QED) is 0.627. The van der Waals surface area contributed by atoms with Gasteiger partial charge in [-0.3, -0.25) is 0 Å². The molecule has 0 spiro atoms. The largest absolute Gasteiger partial charge is 0.305 e. The van der Waals surface area contributed by atoms with Crippen LogP contribution in [-0.2, 0) is 4.79 Å². The van der Waals surface area contributed by atoms with Gasteiger partial charge in [-0.1, -0.05) is 48.5 Å². The van der Waals surface area contributed by atoms with Crippen molar-refractivity contribution in [3.63, 3.8) is 0 Å². The van der Waals surface area contributed by atoms with Crippen molar-refractivity contribution in [2.75, 3.05) is 0 Å². The lowest BCUT2D eigenvalue weighted by atomic mass is 10.5. The molecule has 0 unspecified atom stereocenters. The van der Waals surface area contributed by atoms with E-state index in [1.165, 1.54) is 0 Å². The Morgan fingerprint density at radius 2 is 1.21 bits per heavy atom. The van der Waals surface area contributed by atoms with Gasteiger partial charge in [0.1, 0.15) is 13.5 Å². The van der Waals surface area contributed by atoms with Gasteiger partial charge in [0, 0.05) is 0 Å². The molecule has 0 atom stereocenters. The van der Waals surface area contributed by atoms with Crippen molar-refractivity contribution < 1.29 is 4.79 Å². The minimum Gasteiger partial charge on any atom is -0.305 e. The van der Waals surface area contributed by atoms with Crippen LogP contribution in [0.1, 0.15) is 54.9 Å². The van der Waals surface area contributed by atoms with Gasteiger partial charge in [-0.15, -0.1) is 0 Å². The molecule has 0 radical (unpaired) electrons. The molecule has 0 aliphatic heterocycles. The van der Waals surface area contributed by atoms with Crippen molar-refractivity contribution in [3.8, 4) is 0 Å². The fraction of sp³-hybridized carbons (Fsp3) is 0.917. The molecule has 0 fully saturated rings. The van der Waals surface area contributed by atoms with Crippen molar-refractivity contribution >= 4 is 13.5 Å². The van der Waals surface area contributed by atoms with Gasteiger partial charge in [-0.05, 0) is 23.0 Å². The first kappa shape index (κ1) is 13.9. The zero-order valence-electron chi connectivity index (χ0n) is 10.8. The second kappa shape index (κ2) is 5.10.